The molecule has 0 aliphatic rings. The van der Waals surface area contributed by atoms with E-state index in [9.17, 15) is 4.39 Å². The number of halogens is 2. The van der Waals surface area contributed by atoms with E-state index in [1.807, 2.05) is 6.07 Å². The molecule has 0 spiro atoms. The molecule has 0 atom stereocenters. The van der Waals surface area contributed by atoms with Crippen molar-refractivity contribution in [3.05, 3.63) is 58.3 Å². The van der Waals surface area contributed by atoms with Gasteiger partial charge < -0.3 is 11.1 Å². The summed E-state index contributed by atoms with van der Waals surface area (Å²) < 4.78 is 14.4. The number of anilines is 2. The summed E-state index contributed by atoms with van der Waals surface area (Å²) in [5.74, 6) is -0.325. The molecular weight excluding hydrogens is 315 g/mol. The number of hydrogen-bond acceptors (Lipinski definition) is 2. The Labute approximate surface area is 118 Å². The molecule has 2 aromatic rings. The van der Waals surface area contributed by atoms with E-state index in [-0.39, 0.29) is 10.8 Å². The Morgan fingerprint density at radius 3 is 2.56 bits per heavy atom. The summed E-state index contributed by atoms with van der Waals surface area (Å²) in [6.07, 6.45) is 0. The Balaban J connectivity index is 2.41. The zero-order valence-corrected chi connectivity index (χ0v) is 11.7. The van der Waals surface area contributed by atoms with Gasteiger partial charge in [0.25, 0.3) is 0 Å². The average molecular weight is 325 g/mol. The summed E-state index contributed by atoms with van der Waals surface area (Å²) in [7, 11) is 0. The molecule has 0 saturated heterocycles. The fourth-order valence-corrected chi connectivity index (χ4v) is 2.07. The molecule has 0 amide bonds. The molecule has 0 bridgehead atoms. The van der Waals surface area contributed by atoms with E-state index in [1.165, 1.54) is 6.07 Å². The summed E-state index contributed by atoms with van der Waals surface area (Å²) in [4.78, 5) is 0.259. The van der Waals surface area contributed by atoms with E-state index in [0.717, 1.165) is 4.47 Å². The van der Waals surface area contributed by atoms with Gasteiger partial charge in [0.1, 0.15) is 10.8 Å². The summed E-state index contributed by atoms with van der Waals surface area (Å²) >= 11 is 8.33. The molecule has 0 unspecified atom stereocenters. The Morgan fingerprint density at radius 1 is 1.17 bits per heavy atom. The Bertz CT molecular complexity index is 601. The standard InChI is InChI=1S/C13H10BrFN2S/c14-8-5-6-11(9(7-8)13(16)18)17-12-4-2-1-3-10(12)15/h1-7,17H,(H2,16,18). The maximum absolute atomic E-state index is 13.6. The molecule has 3 N–H and O–H groups in total. The van der Waals surface area contributed by atoms with Gasteiger partial charge in [0.2, 0.25) is 0 Å². The highest BCUT2D eigenvalue weighted by Gasteiger charge is 2.08. The number of hydrogen-bond donors (Lipinski definition) is 2. The minimum atomic E-state index is -0.325. The van der Waals surface area contributed by atoms with Crippen molar-refractivity contribution in [3.8, 4) is 0 Å². The van der Waals surface area contributed by atoms with Crippen molar-refractivity contribution in [2.75, 3.05) is 5.32 Å². The third-order valence-corrected chi connectivity index (χ3v) is 3.10. The van der Waals surface area contributed by atoms with Gasteiger partial charge in [-0.25, -0.2) is 4.39 Å². The molecule has 0 heterocycles. The lowest BCUT2D eigenvalue weighted by Crippen LogP contribution is -2.12. The van der Waals surface area contributed by atoms with Crippen molar-refractivity contribution >= 4 is 44.5 Å². The van der Waals surface area contributed by atoms with Crippen LogP contribution in [0.15, 0.2) is 46.9 Å². The average Bonchev–Trinajstić information content (AvgIpc) is 2.34. The first kappa shape index (κ1) is 13.0. The summed E-state index contributed by atoms with van der Waals surface area (Å²) in [5.41, 5.74) is 7.38. The Hall–Kier alpha value is -1.46. The van der Waals surface area contributed by atoms with Crippen molar-refractivity contribution < 1.29 is 4.39 Å². The minimum Gasteiger partial charge on any atom is -0.389 e. The second kappa shape index (κ2) is 5.46. The number of nitrogens with one attached hydrogen (secondary N) is 1. The van der Waals surface area contributed by atoms with Gasteiger partial charge in [0, 0.05) is 15.7 Å². The smallest absolute Gasteiger partial charge is 0.146 e. The van der Waals surface area contributed by atoms with Gasteiger partial charge >= 0.3 is 0 Å². The van der Waals surface area contributed by atoms with E-state index >= 15 is 0 Å². The normalized spacial score (nSPS) is 10.1. The first-order chi connectivity index (χ1) is 8.58. The van der Waals surface area contributed by atoms with Crippen LogP contribution in [0.5, 0.6) is 0 Å². The number of rotatable bonds is 3. The number of para-hydroxylation sites is 1. The summed E-state index contributed by atoms with van der Waals surface area (Å²) in [6.45, 7) is 0. The fourth-order valence-electron chi connectivity index (χ4n) is 1.54. The lowest BCUT2D eigenvalue weighted by Gasteiger charge is -2.12. The van der Waals surface area contributed by atoms with Crippen LogP contribution in [0.2, 0.25) is 0 Å². The monoisotopic (exact) mass is 324 g/mol. The highest BCUT2D eigenvalue weighted by Crippen LogP contribution is 2.25. The Kier molecular flexibility index (Phi) is 3.93. The van der Waals surface area contributed by atoms with Crippen LogP contribution in [0.25, 0.3) is 0 Å². The molecule has 0 aliphatic heterocycles. The lowest BCUT2D eigenvalue weighted by atomic mass is 10.1. The van der Waals surface area contributed by atoms with Crippen LogP contribution >= 0.6 is 28.1 Å². The van der Waals surface area contributed by atoms with Gasteiger partial charge in [0.15, 0.2) is 0 Å². The largest absolute Gasteiger partial charge is 0.389 e. The second-order valence-electron chi connectivity index (χ2n) is 3.66. The van der Waals surface area contributed by atoms with Crippen LogP contribution in [0.3, 0.4) is 0 Å². The van der Waals surface area contributed by atoms with Crippen LogP contribution in [0.4, 0.5) is 15.8 Å². The van der Waals surface area contributed by atoms with Crippen molar-refractivity contribution in [2.45, 2.75) is 0 Å². The first-order valence-electron chi connectivity index (χ1n) is 5.19. The fraction of sp³-hybridized carbons (Fsp3) is 0. The van der Waals surface area contributed by atoms with Gasteiger partial charge in [-0.3, -0.25) is 0 Å². The van der Waals surface area contributed by atoms with E-state index < -0.39 is 0 Å². The molecule has 0 fully saturated rings. The van der Waals surface area contributed by atoms with Gasteiger partial charge in [-0.05, 0) is 30.3 Å². The molecule has 2 aromatic carbocycles. The highest BCUT2D eigenvalue weighted by molar-refractivity contribution is 9.10. The van der Waals surface area contributed by atoms with Crippen LogP contribution in [0, 0.1) is 5.82 Å². The molecule has 5 heteroatoms. The van der Waals surface area contributed by atoms with Crippen molar-refractivity contribution in [1.29, 1.82) is 0 Å². The molecular formula is C13H10BrFN2S. The quantitative estimate of drug-likeness (QED) is 0.839. The molecule has 2 nitrogen and oxygen atoms in total. The van der Waals surface area contributed by atoms with E-state index in [1.54, 1.807) is 30.3 Å². The van der Waals surface area contributed by atoms with E-state index in [2.05, 4.69) is 21.2 Å². The molecule has 0 aromatic heterocycles. The molecule has 0 aliphatic carbocycles. The maximum Gasteiger partial charge on any atom is 0.146 e. The lowest BCUT2D eigenvalue weighted by molar-refractivity contribution is 0.632. The maximum atomic E-state index is 13.6. The summed E-state index contributed by atoms with van der Waals surface area (Å²) in [5, 5.41) is 2.99. The minimum absolute atomic E-state index is 0.259. The third kappa shape index (κ3) is 2.86. The van der Waals surface area contributed by atoms with Crippen molar-refractivity contribution in [1.82, 2.24) is 0 Å². The first-order valence-corrected chi connectivity index (χ1v) is 6.39. The predicted molar refractivity (Wildman–Crippen MR) is 79.7 cm³/mol. The number of nitrogens with two attached hydrogens (primary N) is 1. The zero-order chi connectivity index (χ0) is 13.1. The van der Waals surface area contributed by atoms with Crippen LogP contribution in [-0.2, 0) is 0 Å². The molecule has 18 heavy (non-hydrogen) atoms. The molecule has 0 saturated carbocycles. The van der Waals surface area contributed by atoms with Crippen LogP contribution in [-0.4, -0.2) is 4.99 Å². The second-order valence-corrected chi connectivity index (χ2v) is 5.01. The van der Waals surface area contributed by atoms with Crippen molar-refractivity contribution in [2.24, 2.45) is 5.73 Å². The molecule has 0 radical (unpaired) electrons. The highest BCUT2D eigenvalue weighted by atomic mass is 79.9. The van der Waals surface area contributed by atoms with Gasteiger partial charge in [-0.1, -0.05) is 40.3 Å². The van der Waals surface area contributed by atoms with E-state index in [4.69, 9.17) is 18.0 Å². The number of thiocarbonyl (C=S) groups is 1. The van der Waals surface area contributed by atoms with Crippen molar-refractivity contribution in [3.63, 3.8) is 0 Å². The SMILES string of the molecule is NC(=S)c1cc(Br)ccc1Nc1ccccc1F. The predicted octanol–water partition coefficient (Wildman–Crippen LogP) is 3.97. The summed E-state index contributed by atoms with van der Waals surface area (Å²) in [6, 6.07) is 11.9. The number of benzene rings is 2. The topological polar surface area (TPSA) is 38.0 Å². The third-order valence-electron chi connectivity index (χ3n) is 2.39. The zero-order valence-electron chi connectivity index (χ0n) is 9.28. The van der Waals surface area contributed by atoms with Crippen LogP contribution in [0.1, 0.15) is 5.56 Å². The molecule has 2 rings (SSSR count). The van der Waals surface area contributed by atoms with E-state index in [0.29, 0.717) is 16.9 Å². The molecule has 92 valence electrons. The van der Waals surface area contributed by atoms with Gasteiger partial charge in [-0.2, -0.15) is 0 Å². The van der Waals surface area contributed by atoms with Gasteiger partial charge in [-0.15, -0.1) is 0 Å². The van der Waals surface area contributed by atoms with Gasteiger partial charge in [0.05, 0.1) is 5.69 Å². The Morgan fingerprint density at radius 2 is 1.89 bits per heavy atom. The van der Waals surface area contributed by atoms with Crippen LogP contribution < -0.4 is 11.1 Å².